The molecule has 1 N–H and O–H groups in total. The van der Waals surface area contributed by atoms with E-state index in [1.54, 1.807) is 12.5 Å². The summed E-state index contributed by atoms with van der Waals surface area (Å²) in [6.07, 6.45) is 5.82. The van der Waals surface area contributed by atoms with Crippen molar-refractivity contribution in [1.82, 2.24) is 14.5 Å². The summed E-state index contributed by atoms with van der Waals surface area (Å²) in [6, 6.07) is 13.6. The topological polar surface area (TPSA) is 75.4 Å². The van der Waals surface area contributed by atoms with Gasteiger partial charge in [-0.3, -0.25) is 9.59 Å². The summed E-state index contributed by atoms with van der Waals surface area (Å²) in [6.45, 7) is 0.977. The first-order valence-electron chi connectivity index (χ1n) is 9.61. The van der Waals surface area contributed by atoms with Gasteiger partial charge in [-0.25, -0.2) is 9.37 Å². The van der Waals surface area contributed by atoms with Crippen LogP contribution in [0.5, 0.6) is 0 Å². The standard InChI is InChI=1S/C23H20FN3O3/c24-18-9-7-17(8-10-18)21(28)19-20(16-5-2-1-3-6-16)27(23(30)22(19)29)13-4-12-26-14-11-25-15-26/h1-3,5-11,14-15,20,28H,4,12-13H2. The third-order valence-electron chi connectivity index (χ3n) is 5.15. The average Bonchev–Trinajstić information content (AvgIpc) is 3.37. The van der Waals surface area contributed by atoms with E-state index in [0.29, 0.717) is 19.5 Å². The molecule has 30 heavy (non-hydrogen) atoms. The SMILES string of the molecule is O=C1C(=O)N(CCCn2ccnc2)C(c2ccccc2)C1=C(O)c1ccc(F)cc1. The molecule has 4 rings (SSSR count). The van der Waals surface area contributed by atoms with E-state index in [4.69, 9.17) is 0 Å². The van der Waals surface area contributed by atoms with Crippen LogP contribution in [0, 0.1) is 5.82 Å². The number of likely N-dealkylation sites (tertiary alicyclic amines) is 1. The van der Waals surface area contributed by atoms with Gasteiger partial charge < -0.3 is 14.6 Å². The molecule has 0 saturated carbocycles. The Balaban J connectivity index is 1.71. The van der Waals surface area contributed by atoms with E-state index < -0.39 is 23.5 Å². The van der Waals surface area contributed by atoms with Gasteiger partial charge in [0, 0.05) is 31.0 Å². The van der Waals surface area contributed by atoms with Gasteiger partial charge in [-0.15, -0.1) is 0 Å². The molecule has 3 aromatic rings. The largest absolute Gasteiger partial charge is 0.507 e. The van der Waals surface area contributed by atoms with E-state index in [2.05, 4.69) is 4.98 Å². The molecule has 1 saturated heterocycles. The second kappa shape index (κ2) is 8.32. The maximum absolute atomic E-state index is 13.3. The number of aromatic nitrogens is 2. The van der Waals surface area contributed by atoms with Crippen LogP contribution in [-0.4, -0.2) is 37.8 Å². The minimum absolute atomic E-state index is 0.0143. The molecule has 7 heteroatoms. The summed E-state index contributed by atoms with van der Waals surface area (Å²) in [7, 11) is 0. The Hall–Kier alpha value is -3.74. The summed E-state index contributed by atoms with van der Waals surface area (Å²) in [5.41, 5.74) is 1.03. The molecular weight excluding hydrogens is 385 g/mol. The van der Waals surface area contributed by atoms with Gasteiger partial charge in [0.05, 0.1) is 17.9 Å². The normalized spacial score (nSPS) is 18.2. The molecule has 1 fully saturated rings. The summed E-state index contributed by atoms with van der Waals surface area (Å²) in [4.78, 5) is 31.2. The number of carbonyl (C=O) groups is 2. The van der Waals surface area contributed by atoms with Crippen molar-refractivity contribution in [3.05, 3.63) is 95.8 Å². The third-order valence-corrected chi connectivity index (χ3v) is 5.15. The lowest BCUT2D eigenvalue weighted by atomic mass is 9.95. The van der Waals surface area contributed by atoms with Crippen molar-refractivity contribution < 1.29 is 19.1 Å². The second-order valence-corrected chi connectivity index (χ2v) is 7.06. The number of benzene rings is 2. The number of hydrogen-bond acceptors (Lipinski definition) is 4. The number of nitrogens with zero attached hydrogens (tertiary/aromatic N) is 3. The first kappa shape index (κ1) is 19.6. The quantitative estimate of drug-likeness (QED) is 0.387. The van der Waals surface area contributed by atoms with Gasteiger partial charge in [-0.2, -0.15) is 0 Å². The Bertz CT molecular complexity index is 1080. The van der Waals surface area contributed by atoms with E-state index in [1.165, 1.54) is 29.2 Å². The molecule has 152 valence electrons. The highest BCUT2D eigenvalue weighted by atomic mass is 19.1. The zero-order valence-corrected chi connectivity index (χ0v) is 16.1. The van der Waals surface area contributed by atoms with Crippen LogP contribution in [0.1, 0.15) is 23.6 Å². The molecular formula is C23H20FN3O3. The number of aliphatic hydroxyl groups excluding tert-OH is 1. The minimum Gasteiger partial charge on any atom is -0.507 e. The monoisotopic (exact) mass is 405 g/mol. The fraction of sp³-hybridized carbons (Fsp3) is 0.174. The van der Waals surface area contributed by atoms with Crippen LogP contribution in [0.15, 0.2) is 78.9 Å². The number of amides is 1. The van der Waals surface area contributed by atoms with Crippen LogP contribution >= 0.6 is 0 Å². The summed E-state index contributed by atoms with van der Waals surface area (Å²) < 4.78 is 15.2. The molecule has 0 radical (unpaired) electrons. The summed E-state index contributed by atoms with van der Waals surface area (Å²) in [5, 5.41) is 10.9. The highest BCUT2D eigenvalue weighted by molar-refractivity contribution is 6.46. The van der Waals surface area contributed by atoms with Crippen molar-refractivity contribution in [2.75, 3.05) is 6.54 Å². The number of aryl methyl sites for hydroxylation is 1. The van der Waals surface area contributed by atoms with Crippen molar-refractivity contribution in [2.45, 2.75) is 19.0 Å². The van der Waals surface area contributed by atoms with E-state index >= 15 is 0 Å². The molecule has 1 unspecified atom stereocenters. The number of carbonyl (C=O) groups excluding carboxylic acids is 2. The number of Topliss-reactive ketones (excluding diaryl/α,β-unsaturated/α-hetero) is 1. The Morgan fingerprint density at radius 3 is 2.43 bits per heavy atom. The van der Waals surface area contributed by atoms with Crippen LogP contribution in [0.2, 0.25) is 0 Å². The molecule has 1 aliphatic rings. The molecule has 1 aliphatic heterocycles. The van der Waals surface area contributed by atoms with Crippen LogP contribution in [-0.2, 0) is 16.1 Å². The minimum atomic E-state index is -0.742. The predicted molar refractivity (Wildman–Crippen MR) is 109 cm³/mol. The Kier molecular flexibility index (Phi) is 5.43. The molecule has 2 aromatic carbocycles. The number of imidazole rings is 1. The number of rotatable bonds is 6. The van der Waals surface area contributed by atoms with Gasteiger partial charge in [0.1, 0.15) is 11.6 Å². The highest BCUT2D eigenvalue weighted by Crippen LogP contribution is 2.39. The highest BCUT2D eigenvalue weighted by Gasteiger charge is 2.45. The third kappa shape index (κ3) is 3.74. The first-order chi connectivity index (χ1) is 14.6. The van der Waals surface area contributed by atoms with Crippen molar-refractivity contribution >= 4 is 17.4 Å². The van der Waals surface area contributed by atoms with E-state index in [-0.39, 0.29) is 16.9 Å². The van der Waals surface area contributed by atoms with Crippen LogP contribution in [0.3, 0.4) is 0 Å². The lowest BCUT2D eigenvalue weighted by Crippen LogP contribution is -2.31. The van der Waals surface area contributed by atoms with Gasteiger partial charge in [0.2, 0.25) is 0 Å². The average molecular weight is 405 g/mol. The first-order valence-corrected chi connectivity index (χ1v) is 9.61. The second-order valence-electron chi connectivity index (χ2n) is 7.06. The Morgan fingerprint density at radius 2 is 1.77 bits per heavy atom. The number of aliphatic hydroxyl groups is 1. The summed E-state index contributed by atoms with van der Waals surface area (Å²) in [5.74, 6) is -2.16. The zero-order chi connectivity index (χ0) is 21.1. The smallest absolute Gasteiger partial charge is 0.295 e. The van der Waals surface area contributed by atoms with E-state index in [1.807, 2.05) is 41.1 Å². The fourth-order valence-corrected chi connectivity index (χ4v) is 3.70. The maximum Gasteiger partial charge on any atom is 0.295 e. The van der Waals surface area contributed by atoms with Crippen LogP contribution in [0.4, 0.5) is 4.39 Å². The van der Waals surface area contributed by atoms with E-state index in [9.17, 15) is 19.1 Å². The Labute approximate surface area is 172 Å². The number of ketones is 1. The molecule has 0 aliphatic carbocycles. The Morgan fingerprint density at radius 1 is 1.03 bits per heavy atom. The van der Waals surface area contributed by atoms with Gasteiger partial charge in [0.25, 0.3) is 11.7 Å². The van der Waals surface area contributed by atoms with Crippen LogP contribution in [0.25, 0.3) is 5.76 Å². The van der Waals surface area contributed by atoms with Crippen molar-refractivity contribution in [3.8, 4) is 0 Å². The molecule has 0 bridgehead atoms. The molecule has 1 aromatic heterocycles. The van der Waals surface area contributed by atoms with Crippen LogP contribution < -0.4 is 0 Å². The summed E-state index contributed by atoms with van der Waals surface area (Å²) >= 11 is 0. The lowest BCUT2D eigenvalue weighted by molar-refractivity contribution is -0.139. The molecule has 2 heterocycles. The maximum atomic E-state index is 13.3. The van der Waals surface area contributed by atoms with E-state index in [0.717, 1.165) is 5.56 Å². The zero-order valence-electron chi connectivity index (χ0n) is 16.1. The number of halogens is 1. The van der Waals surface area contributed by atoms with Gasteiger partial charge >= 0.3 is 0 Å². The van der Waals surface area contributed by atoms with Crippen molar-refractivity contribution in [2.24, 2.45) is 0 Å². The van der Waals surface area contributed by atoms with Gasteiger partial charge in [-0.05, 0) is 36.2 Å². The molecule has 1 atom stereocenters. The molecule has 0 spiro atoms. The van der Waals surface area contributed by atoms with Gasteiger partial charge in [0.15, 0.2) is 0 Å². The molecule has 1 amide bonds. The fourth-order valence-electron chi connectivity index (χ4n) is 3.70. The van der Waals surface area contributed by atoms with Gasteiger partial charge in [-0.1, -0.05) is 30.3 Å². The number of hydrogen-bond donors (Lipinski definition) is 1. The van der Waals surface area contributed by atoms with Crippen molar-refractivity contribution in [3.63, 3.8) is 0 Å². The molecule has 6 nitrogen and oxygen atoms in total. The predicted octanol–water partition coefficient (Wildman–Crippen LogP) is 3.53. The lowest BCUT2D eigenvalue weighted by Gasteiger charge is -2.25. The van der Waals surface area contributed by atoms with Crippen molar-refractivity contribution in [1.29, 1.82) is 0 Å².